The van der Waals surface area contributed by atoms with Crippen LogP contribution in [-0.2, 0) is 21.9 Å². The van der Waals surface area contributed by atoms with Crippen molar-refractivity contribution in [2.45, 2.75) is 0 Å². The van der Waals surface area contributed by atoms with Gasteiger partial charge in [-0.25, -0.2) is 0 Å². The quantitative estimate of drug-likeness (QED) is 0.152. The van der Waals surface area contributed by atoms with E-state index >= 15 is 0 Å². The van der Waals surface area contributed by atoms with Crippen molar-refractivity contribution in [3.63, 3.8) is 0 Å². The van der Waals surface area contributed by atoms with E-state index in [1.54, 1.807) is 73.4 Å². The van der Waals surface area contributed by atoms with Gasteiger partial charge in [-0.3, -0.25) is 20.0 Å². The van der Waals surface area contributed by atoms with E-state index in [-0.39, 0.29) is 107 Å². The molecule has 0 saturated carbocycles. The van der Waals surface area contributed by atoms with E-state index in [1.807, 2.05) is 38.4 Å². The maximum Gasteiger partial charge on any atom is 0.0516 e. The zero-order valence-corrected chi connectivity index (χ0v) is 38.5. The van der Waals surface area contributed by atoms with Crippen LogP contribution in [0.2, 0.25) is 0 Å². The van der Waals surface area contributed by atoms with Crippen LogP contribution in [0.3, 0.4) is 0 Å². The molecule has 0 aliphatic heterocycles. The Morgan fingerprint density at radius 2 is 0.574 bits per heavy atom. The van der Waals surface area contributed by atoms with E-state index in [1.165, 1.54) is 24.3 Å². The number of aliphatic imine (C=N–C) groups is 4. The van der Waals surface area contributed by atoms with E-state index in [4.69, 9.17) is 0 Å². The van der Waals surface area contributed by atoms with Gasteiger partial charge in [0.15, 0.2) is 0 Å². The normalized spacial score (nSPS) is 10.4. The SMILES string of the molecule is CN(CCN=Cc1ccccc1[O-])CCN=Cc1ccccc1[O-].CN(CCN=Cc1ccccc1[O-])CCN=Cc1ccccc1[O-].[O-2].[O-2].[O-2].[O-2].[U].[U]. The number of benzene rings is 4. The molecular weight excluding hydrogens is 1140 g/mol. The Hall–Kier alpha value is -3.38. The molecule has 0 atom stereocenters. The fourth-order valence-electron chi connectivity index (χ4n) is 4.14. The molecule has 0 aliphatic rings. The third-order valence-corrected chi connectivity index (χ3v) is 7.04. The maximum absolute atomic E-state index is 11.5. The average Bonchev–Trinajstić information content (AvgIpc) is 3.08. The number of para-hydroxylation sites is 4. The van der Waals surface area contributed by atoms with E-state index in [0.29, 0.717) is 48.4 Å². The monoisotopic (exact) mass is 1190 g/mol. The van der Waals surface area contributed by atoms with E-state index < -0.39 is 0 Å². The van der Waals surface area contributed by atoms with Crippen molar-refractivity contribution < 1.29 is 105 Å². The van der Waals surface area contributed by atoms with Crippen molar-refractivity contribution in [2.24, 2.45) is 20.0 Å². The second-order valence-electron chi connectivity index (χ2n) is 10.9. The summed E-state index contributed by atoms with van der Waals surface area (Å²) in [6.07, 6.45) is 6.50. The Labute approximate surface area is 365 Å². The summed E-state index contributed by atoms with van der Waals surface area (Å²) in [5, 5.41) is 46.1. The smallest absolute Gasteiger partial charge is 0.0516 e. The number of hydrogen-bond acceptors (Lipinski definition) is 10. The van der Waals surface area contributed by atoms with Gasteiger partial charge in [-0.15, -0.1) is 23.0 Å². The van der Waals surface area contributed by atoms with Gasteiger partial charge in [-0.1, -0.05) is 97.1 Å². The van der Waals surface area contributed by atoms with Crippen LogP contribution in [0.5, 0.6) is 23.0 Å². The molecular formula is C38H42N6O8U2-12. The first-order chi connectivity index (χ1) is 23.3. The molecule has 292 valence electrons. The number of hydrogen-bond donors (Lipinski definition) is 0. The first kappa shape index (κ1) is 57.3. The molecule has 0 radical (unpaired) electrons. The Morgan fingerprint density at radius 1 is 0.389 bits per heavy atom. The summed E-state index contributed by atoms with van der Waals surface area (Å²) in [4.78, 5) is 21.4. The van der Waals surface area contributed by atoms with Crippen LogP contribution >= 0.6 is 0 Å². The van der Waals surface area contributed by atoms with Gasteiger partial charge in [0.25, 0.3) is 0 Å². The third kappa shape index (κ3) is 23.4. The first-order valence-electron chi connectivity index (χ1n) is 15.7. The summed E-state index contributed by atoms with van der Waals surface area (Å²) in [7, 11) is 3.99. The standard InChI is InChI=1S/2C19H23N3O2.4O.2U/c2*1-22(12-10-20-14-16-6-2-4-8-18(16)23)13-11-21-15-17-7-3-5-9-19(17)24;;;;;;/h2*2-9,14-15,23-24H,10-13H2,1H3;;;;;;/q;;4*-2;;/p-4. The fraction of sp³-hybridized carbons (Fsp3) is 0.263. The minimum atomic E-state index is -0.0115. The van der Waals surface area contributed by atoms with Crippen LogP contribution in [-0.4, -0.2) is 101 Å². The molecule has 0 unspecified atom stereocenters. The molecule has 4 rings (SSSR count). The van der Waals surface area contributed by atoms with Crippen molar-refractivity contribution in [1.29, 1.82) is 0 Å². The molecule has 0 saturated heterocycles. The zero-order chi connectivity index (χ0) is 34.4. The van der Waals surface area contributed by atoms with Crippen LogP contribution in [0.1, 0.15) is 22.3 Å². The van der Waals surface area contributed by atoms with Crippen molar-refractivity contribution >= 4 is 24.9 Å². The van der Waals surface area contributed by atoms with E-state index in [0.717, 1.165) is 26.2 Å². The Morgan fingerprint density at radius 3 is 0.759 bits per heavy atom. The van der Waals surface area contributed by atoms with Gasteiger partial charge >= 0.3 is 0 Å². The van der Waals surface area contributed by atoms with Crippen LogP contribution in [0.15, 0.2) is 117 Å². The van der Waals surface area contributed by atoms with Crippen molar-refractivity contribution in [1.82, 2.24) is 9.80 Å². The van der Waals surface area contributed by atoms with Crippen LogP contribution in [0.4, 0.5) is 0 Å². The molecule has 14 nitrogen and oxygen atoms in total. The van der Waals surface area contributed by atoms with Crippen molar-refractivity contribution in [3.8, 4) is 23.0 Å². The molecule has 16 heteroatoms. The minimum Gasteiger partial charge on any atom is -2.00 e. The number of likely N-dealkylation sites (N-methyl/N-ethyl adjacent to an activating group) is 2. The minimum absolute atomic E-state index is 0. The van der Waals surface area contributed by atoms with Crippen LogP contribution in [0.25, 0.3) is 0 Å². The Bertz CT molecular complexity index is 1420. The third-order valence-electron chi connectivity index (χ3n) is 7.04. The molecule has 0 bridgehead atoms. The Balaban J connectivity index is -0.000000417. The van der Waals surface area contributed by atoms with Crippen molar-refractivity contribution in [3.05, 3.63) is 119 Å². The molecule has 0 aromatic heterocycles. The predicted molar refractivity (Wildman–Crippen MR) is 191 cm³/mol. The number of nitrogens with zero attached hydrogens (tertiary/aromatic N) is 6. The predicted octanol–water partition coefficient (Wildman–Crippen LogP) is 2.13. The van der Waals surface area contributed by atoms with Crippen molar-refractivity contribution in [2.75, 3.05) is 66.5 Å². The molecule has 4 aromatic rings. The fourth-order valence-corrected chi connectivity index (χ4v) is 4.14. The molecule has 0 N–H and O–H groups in total. The van der Waals surface area contributed by atoms with Crippen LogP contribution < -0.4 is 20.4 Å². The zero-order valence-electron chi connectivity index (χ0n) is 30.2. The van der Waals surface area contributed by atoms with Crippen LogP contribution in [0, 0.1) is 62.2 Å². The van der Waals surface area contributed by atoms with Gasteiger partial charge in [0.05, 0.1) is 26.2 Å². The van der Waals surface area contributed by atoms with Gasteiger partial charge in [-0.05, 0) is 36.3 Å². The second kappa shape index (κ2) is 34.1. The molecule has 0 heterocycles. The van der Waals surface area contributed by atoms with E-state index in [2.05, 4.69) is 29.8 Å². The second-order valence-corrected chi connectivity index (χ2v) is 10.9. The van der Waals surface area contributed by atoms with Gasteiger partial charge in [0, 0.05) is 113 Å². The molecule has 0 aliphatic carbocycles. The largest absolute Gasteiger partial charge is 2.00 e. The summed E-state index contributed by atoms with van der Waals surface area (Å²) in [6, 6.07) is 27.4. The summed E-state index contributed by atoms with van der Waals surface area (Å²) in [6.45, 7) is 5.62. The molecule has 0 amide bonds. The van der Waals surface area contributed by atoms with Gasteiger partial charge < -0.3 is 52.1 Å². The van der Waals surface area contributed by atoms with Gasteiger partial charge in [-0.2, -0.15) is 0 Å². The molecule has 4 aromatic carbocycles. The molecule has 54 heavy (non-hydrogen) atoms. The molecule has 0 spiro atoms. The van der Waals surface area contributed by atoms with Gasteiger partial charge in [0.1, 0.15) is 0 Å². The maximum atomic E-state index is 11.5. The summed E-state index contributed by atoms with van der Waals surface area (Å²) in [5.74, 6) is -0.0459. The summed E-state index contributed by atoms with van der Waals surface area (Å²) >= 11 is 0. The number of rotatable bonds is 16. The summed E-state index contributed by atoms with van der Waals surface area (Å²) < 4.78 is 0. The Kier molecular flexibility index (Phi) is 36.3. The average molecular weight is 1190 g/mol. The topological polar surface area (TPSA) is 262 Å². The summed E-state index contributed by atoms with van der Waals surface area (Å²) in [5.41, 5.74) is 2.45. The first-order valence-corrected chi connectivity index (χ1v) is 15.7. The van der Waals surface area contributed by atoms with Gasteiger partial charge in [0.2, 0.25) is 0 Å². The molecule has 0 fully saturated rings. The van der Waals surface area contributed by atoms with E-state index in [9.17, 15) is 20.4 Å².